The van der Waals surface area contributed by atoms with Crippen LogP contribution in [0, 0.1) is 5.92 Å². The number of carbonyl (C=O) groups is 1. The Morgan fingerprint density at radius 1 is 1.30 bits per heavy atom. The summed E-state index contributed by atoms with van der Waals surface area (Å²) in [4.78, 5) is 24.4. The first-order valence-electron chi connectivity index (χ1n) is 6.97. The predicted molar refractivity (Wildman–Crippen MR) is 77.4 cm³/mol. The van der Waals surface area contributed by atoms with Gasteiger partial charge in [0.05, 0.1) is 11.3 Å². The van der Waals surface area contributed by atoms with Gasteiger partial charge in [0.25, 0.3) is 0 Å². The number of carboxylic acid groups (broad SMARTS) is 1. The normalized spacial score (nSPS) is 18.9. The Labute approximate surface area is 120 Å². The maximum Gasteiger partial charge on any atom is 0.310 e. The summed E-state index contributed by atoms with van der Waals surface area (Å²) < 4.78 is 0. The topological polar surface area (TPSA) is 66.3 Å². The lowest BCUT2D eigenvalue weighted by Crippen LogP contribution is -2.50. The van der Waals surface area contributed by atoms with Gasteiger partial charge in [0.1, 0.15) is 17.0 Å². The van der Waals surface area contributed by atoms with Crippen molar-refractivity contribution in [3.8, 4) is 0 Å². The van der Waals surface area contributed by atoms with Crippen LogP contribution in [0.5, 0.6) is 0 Å². The highest BCUT2D eigenvalue weighted by atomic mass is 32.1. The molecular formula is C14H15N3O2S. The molecule has 1 fully saturated rings. The molecule has 4 rings (SSSR count). The fraction of sp³-hybridized carbons (Fsp3) is 0.500. The van der Waals surface area contributed by atoms with Crippen LogP contribution in [-0.2, 0) is 17.6 Å². The molecule has 0 aromatic carbocycles. The van der Waals surface area contributed by atoms with Crippen molar-refractivity contribution >= 4 is 33.3 Å². The molecule has 0 radical (unpaired) electrons. The second-order valence-electron chi connectivity index (χ2n) is 5.53. The van der Waals surface area contributed by atoms with E-state index in [0.717, 1.165) is 23.5 Å². The molecule has 0 saturated carbocycles. The Balaban J connectivity index is 1.76. The summed E-state index contributed by atoms with van der Waals surface area (Å²) in [6.07, 6.45) is 6.34. The van der Waals surface area contributed by atoms with Crippen molar-refractivity contribution in [2.45, 2.75) is 25.7 Å². The van der Waals surface area contributed by atoms with E-state index in [4.69, 9.17) is 5.11 Å². The minimum absolute atomic E-state index is 0.255. The number of aromatic nitrogens is 2. The van der Waals surface area contributed by atoms with Crippen LogP contribution in [0.25, 0.3) is 10.2 Å². The van der Waals surface area contributed by atoms with Crippen LogP contribution >= 0.6 is 11.3 Å². The lowest BCUT2D eigenvalue weighted by atomic mass is 9.95. The van der Waals surface area contributed by atoms with Gasteiger partial charge in [0.2, 0.25) is 0 Å². The van der Waals surface area contributed by atoms with Gasteiger partial charge in [-0.05, 0) is 31.2 Å². The molecule has 1 aliphatic heterocycles. The number of aryl methyl sites for hydroxylation is 2. The summed E-state index contributed by atoms with van der Waals surface area (Å²) in [5.41, 5.74) is 1.41. The highest BCUT2D eigenvalue weighted by molar-refractivity contribution is 7.19. The number of rotatable bonds is 2. The molecular weight excluding hydrogens is 274 g/mol. The zero-order chi connectivity index (χ0) is 13.7. The maximum absolute atomic E-state index is 10.9. The highest BCUT2D eigenvalue weighted by Gasteiger charge is 2.35. The summed E-state index contributed by atoms with van der Waals surface area (Å²) >= 11 is 1.78. The molecule has 5 nitrogen and oxygen atoms in total. The van der Waals surface area contributed by atoms with Gasteiger partial charge >= 0.3 is 5.97 Å². The fourth-order valence-corrected chi connectivity index (χ4v) is 4.34. The van der Waals surface area contributed by atoms with Crippen LogP contribution < -0.4 is 4.90 Å². The number of fused-ring (bicyclic) bond motifs is 3. The number of hydrogen-bond donors (Lipinski definition) is 1. The molecule has 0 atom stereocenters. The van der Waals surface area contributed by atoms with Gasteiger partial charge < -0.3 is 10.0 Å². The van der Waals surface area contributed by atoms with E-state index in [9.17, 15) is 4.79 Å². The van der Waals surface area contributed by atoms with E-state index in [0.29, 0.717) is 13.1 Å². The van der Waals surface area contributed by atoms with Gasteiger partial charge in [0.15, 0.2) is 0 Å². The third-order valence-corrected chi connectivity index (χ3v) is 5.46. The van der Waals surface area contributed by atoms with Crippen molar-refractivity contribution in [3.05, 3.63) is 16.8 Å². The summed E-state index contributed by atoms with van der Waals surface area (Å²) in [5.74, 6) is -0.0275. The van der Waals surface area contributed by atoms with Crippen molar-refractivity contribution in [2.24, 2.45) is 5.92 Å². The Morgan fingerprint density at radius 2 is 2.10 bits per heavy atom. The van der Waals surface area contributed by atoms with E-state index in [-0.39, 0.29) is 5.92 Å². The third-order valence-electron chi connectivity index (χ3n) is 4.26. The van der Waals surface area contributed by atoms with Gasteiger partial charge in [-0.2, -0.15) is 0 Å². The van der Waals surface area contributed by atoms with Crippen LogP contribution in [0.15, 0.2) is 6.33 Å². The van der Waals surface area contributed by atoms with Crippen molar-refractivity contribution in [2.75, 3.05) is 18.0 Å². The number of carboxylic acids is 1. The Hall–Kier alpha value is -1.69. The minimum Gasteiger partial charge on any atom is -0.481 e. The van der Waals surface area contributed by atoms with Crippen LogP contribution in [0.4, 0.5) is 5.82 Å². The number of nitrogens with zero attached hydrogens (tertiary/aromatic N) is 3. The Morgan fingerprint density at radius 3 is 2.90 bits per heavy atom. The van der Waals surface area contributed by atoms with Crippen LogP contribution in [0.2, 0.25) is 0 Å². The molecule has 0 spiro atoms. The van der Waals surface area contributed by atoms with E-state index < -0.39 is 5.97 Å². The molecule has 0 unspecified atom stereocenters. The van der Waals surface area contributed by atoms with Crippen LogP contribution in [0.1, 0.15) is 23.3 Å². The average molecular weight is 289 g/mol. The molecule has 1 aliphatic carbocycles. The SMILES string of the molecule is O=C(O)C1CN(c2ncnc3sc4c(c23)CCCC4)C1. The molecule has 0 bridgehead atoms. The monoisotopic (exact) mass is 289 g/mol. The van der Waals surface area contributed by atoms with Gasteiger partial charge in [-0.3, -0.25) is 4.79 Å². The van der Waals surface area contributed by atoms with Crippen LogP contribution in [0.3, 0.4) is 0 Å². The molecule has 3 heterocycles. The lowest BCUT2D eigenvalue weighted by Gasteiger charge is -2.38. The van der Waals surface area contributed by atoms with Gasteiger partial charge in [-0.25, -0.2) is 9.97 Å². The van der Waals surface area contributed by atoms with Crippen LogP contribution in [-0.4, -0.2) is 34.1 Å². The number of thiophene rings is 1. The summed E-state index contributed by atoms with van der Waals surface area (Å²) in [6, 6.07) is 0. The quantitative estimate of drug-likeness (QED) is 0.917. The fourth-order valence-electron chi connectivity index (χ4n) is 3.12. The average Bonchev–Trinajstić information content (AvgIpc) is 2.75. The van der Waals surface area contributed by atoms with E-state index >= 15 is 0 Å². The Kier molecular flexibility index (Phi) is 2.66. The second kappa shape index (κ2) is 4.41. The molecule has 1 N–H and O–H groups in total. The molecule has 0 amide bonds. The zero-order valence-corrected chi connectivity index (χ0v) is 11.8. The standard InChI is InChI=1S/C14H15N3O2S/c18-14(19)8-5-17(6-8)12-11-9-3-1-2-4-10(9)20-13(11)16-7-15-12/h7-8H,1-6H2,(H,18,19). The molecule has 2 aliphatic rings. The van der Waals surface area contributed by atoms with Gasteiger partial charge in [-0.15, -0.1) is 11.3 Å². The molecule has 20 heavy (non-hydrogen) atoms. The van der Waals surface area contributed by atoms with Crippen molar-refractivity contribution < 1.29 is 9.90 Å². The largest absolute Gasteiger partial charge is 0.481 e. The van der Waals surface area contributed by atoms with Crippen molar-refractivity contribution in [3.63, 3.8) is 0 Å². The number of hydrogen-bond acceptors (Lipinski definition) is 5. The molecule has 2 aromatic heterocycles. The van der Waals surface area contributed by atoms with E-state index in [2.05, 4.69) is 14.9 Å². The third kappa shape index (κ3) is 1.71. The smallest absolute Gasteiger partial charge is 0.310 e. The minimum atomic E-state index is -0.709. The van der Waals surface area contributed by atoms with E-state index in [1.807, 2.05) is 0 Å². The van der Waals surface area contributed by atoms with Crippen molar-refractivity contribution in [1.29, 1.82) is 0 Å². The molecule has 2 aromatic rings. The number of aliphatic carboxylic acids is 1. The first-order valence-corrected chi connectivity index (χ1v) is 7.78. The first kappa shape index (κ1) is 12.1. The summed E-state index contributed by atoms with van der Waals surface area (Å²) in [6.45, 7) is 1.12. The molecule has 6 heteroatoms. The highest BCUT2D eigenvalue weighted by Crippen LogP contribution is 2.40. The number of anilines is 1. The van der Waals surface area contributed by atoms with E-state index in [1.165, 1.54) is 28.7 Å². The zero-order valence-electron chi connectivity index (χ0n) is 11.0. The summed E-state index contributed by atoms with van der Waals surface area (Å²) in [5, 5.41) is 10.2. The first-order chi connectivity index (χ1) is 9.74. The van der Waals surface area contributed by atoms with Gasteiger partial charge in [0, 0.05) is 18.0 Å². The summed E-state index contributed by atoms with van der Waals surface area (Å²) in [7, 11) is 0. The maximum atomic E-state index is 10.9. The Bertz CT molecular complexity index is 691. The molecule has 1 saturated heterocycles. The van der Waals surface area contributed by atoms with Crippen molar-refractivity contribution in [1.82, 2.24) is 9.97 Å². The van der Waals surface area contributed by atoms with E-state index in [1.54, 1.807) is 17.7 Å². The second-order valence-corrected chi connectivity index (χ2v) is 6.61. The van der Waals surface area contributed by atoms with Gasteiger partial charge in [-0.1, -0.05) is 0 Å². The predicted octanol–water partition coefficient (Wildman–Crippen LogP) is 2.09. The molecule has 104 valence electrons. The lowest BCUT2D eigenvalue weighted by molar-refractivity contribution is -0.142.